The minimum absolute atomic E-state index is 0.146. The van der Waals surface area contributed by atoms with Crippen molar-refractivity contribution in [1.82, 2.24) is 4.57 Å². The Morgan fingerprint density at radius 3 is 2.46 bits per heavy atom. The van der Waals surface area contributed by atoms with Gasteiger partial charge in [-0.15, -0.1) is 0 Å². The SMILES string of the molecule is O=c1oc(=O)n(CCCOc2ccc(Cl)c(Cl)c2)c2c(Cl)cc(Cl)cc12. The summed E-state index contributed by atoms with van der Waals surface area (Å²) in [5, 5.41) is 1.45. The van der Waals surface area contributed by atoms with Gasteiger partial charge >= 0.3 is 11.4 Å². The van der Waals surface area contributed by atoms with Gasteiger partial charge in [-0.1, -0.05) is 46.4 Å². The van der Waals surface area contributed by atoms with Crippen LogP contribution in [0.4, 0.5) is 0 Å². The van der Waals surface area contributed by atoms with Crippen molar-refractivity contribution in [2.45, 2.75) is 13.0 Å². The van der Waals surface area contributed by atoms with Crippen molar-refractivity contribution in [1.29, 1.82) is 0 Å². The van der Waals surface area contributed by atoms with E-state index in [1.165, 1.54) is 16.7 Å². The number of benzene rings is 2. The molecule has 0 aliphatic carbocycles. The first-order valence-corrected chi connectivity index (χ1v) is 8.98. The normalized spacial score (nSPS) is 11.1. The fraction of sp³-hybridized carbons (Fsp3) is 0.176. The second-order valence-corrected chi connectivity index (χ2v) is 7.03. The molecule has 0 atom stereocenters. The molecule has 1 heterocycles. The van der Waals surface area contributed by atoms with Crippen LogP contribution in [-0.2, 0) is 6.54 Å². The molecule has 0 fully saturated rings. The van der Waals surface area contributed by atoms with Crippen LogP contribution in [0.2, 0.25) is 20.1 Å². The second-order valence-electron chi connectivity index (χ2n) is 5.37. The topological polar surface area (TPSA) is 61.4 Å². The van der Waals surface area contributed by atoms with Gasteiger partial charge < -0.3 is 9.15 Å². The number of aromatic nitrogens is 1. The quantitative estimate of drug-likeness (QED) is 0.528. The van der Waals surface area contributed by atoms with Crippen molar-refractivity contribution >= 4 is 57.3 Å². The number of ether oxygens (including phenoxy) is 1. The summed E-state index contributed by atoms with van der Waals surface area (Å²) in [6.07, 6.45) is 0.460. The molecule has 26 heavy (non-hydrogen) atoms. The first-order valence-electron chi connectivity index (χ1n) is 7.47. The molecule has 0 bridgehead atoms. The summed E-state index contributed by atoms with van der Waals surface area (Å²) in [6, 6.07) is 7.80. The lowest BCUT2D eigenvalue weighted by Crippen LogP contribution is -2.26. The molecule has 0 spiro atoms. The third-order valence-corrected chi connectivity index (χ3v) is 4.85. The molecule has 0 radical (unpaired) electrons. The van der Waals surface area contributed by atoms with E-state index in [0.717, 1.165) is 0 Å². The van der Waals surface area contributed by atoms with Crippen molar-refractivity contribution in [3.63, 3.8) is 0 Å². The molecular formula is C17H11Cl4NO4. The molecule has 0 saturated carbocycles. The average molecular weight is 435 g/mol. The minimum atomic E-state index is -0.791. The monoisotopic (exact) mass is 433 g/mol. The first kappa shape index (κ1) is 19.1. The van der Waals surface area contributed by atoms with Gasteiger partial charge in [0.05, 0.1) is 32.6 Å². The van der Waals surface area contributed by atoms with Crippen molar-refractivity contribution in [3.8, 4) is 5.75 Å². The van der Waals surface area contributed by atoms with Gasteiger partial charge in [0.2, 0.25) is 0 Å². The first-order chi connectivity index (χ1) is 12.4. The van der Waals surface area contributed by atoms with Gasteiger partial charge in [-0.3, -0.25) is 4.57 Å². The Morgan fingerprint density at radius 1 is 0.962 bits per heavy atom. The Kier molecular flexibility index (Phi) is 5.82. The van der Waals surface area contributed by atoms with Crippen molar-refractivity contribution in [3.05, 3.63) is 71.4 Å². The lowest BCUT2D eigenvalue weighted by Gasteiger charge is -2.11. The average Bonchev–Trinajstić information content (AvgIpc) is 2.57. The maximum atomic E-state index is 12.1. The van der Waals surface area contributed by atoms with Crippen LogP contribution in [-0.4, -0.2) is 11.2 Å². The Bertz CT molecular complexity index is 1090. The molecule has 0 aliphatic rings. The molecule has 0 N–H and O–H groups in total. The van der Waals surface area contributed by atoms with Gasteiger partial charge in [0.15, 0.2) is 0 Å². The number of halogens is 4. The number of hydrogen-bond acceptors (Lipinski definition) is 4. The van der Waals surface area contributed by atoms with Crippen molar-refractivity contribution in [2.75, 3.05) is 6.61 Å². The summed E-state index contributed by atoms with van der Waals surface area (Å²) in [7, 11) is 0. The number of nitrogens with zero attached hydrogens (tertiary/aromatic N) is 1. The Morgan fingerprint density at radius 2 is 1.73 bits per heavy atom. The number of fused-ring (bicyclic) bond motifs is 1. The summed E-state index contributed by atoms with van der Waals surface area (Å²) < 4.78 is 11.6. The molecule has 2 aromatic carbocycles. The zero-order valence-corrected chi connectivity index (χ0v) is 16.1. The van der Waals surface area contributed by atoms with Crippen LogP contribution in [0.3, 0.4) is 0 Å². The molecule has 0 aliphatic heterocycles. The van der Waals surface area contributed by atoms with Gasteiger partial charge in [0.1, 0.15) is 5.75 Å². The molecule has 0 unspecified atom stereocenters. The van der Waals surface area contributed by atoms with Crippen LogP contribution in [0.1, 0.15) is 6.42 Å². The van der Waals surface area contributed by atoms with E-state index in [9.17, 15) is 9.59 Å². The van der Waals surface area contributed by atoms with Crippen LogP contribution in [0.15, 0.2) is 44.3 Å². The molecule has 5 nitrogen and oxygen atoms in total. The van der Waals surface area contributed by atoms with E-state index < -0.39 is 11.4 Å². The zero-order valence-electron chi connectivity index (χ0n) is 13.1. The Hall–Kier alpha value is -1.66. The predicted molar refractivity (Wildman–Crippen MR) is 103 cm³/mol. The van der Waals surface area contributed by atoms with E-state index in [4.69, 9.17) is 55.6 Å². The smallest absolute Gasteiger partial charge is 0.422 e. The maximum Gasteiger partial charge on any atom is 0.422 e. The Labute approximate surface area is 167 Å². The molecular weight excluding hydrogens is 424 g/mol. The fourth-order valence-electron chi connectivity index (χ4n) is 2.46. The molecule has 0 saturated heterocycles. The summed E-state index contributed by atoms with van der Waals surface area (Å²) in [5.74, 6) is -0.234. The second kappa shape index (κ2) is 7.92. The van der Waals surface area contributed by atoms with E-state index >= 15 is 0 Å². The predicted octanol–water partition coefficient (Wildman–Crippen LogP) is 5.04. The number of hydrogen-bond donors (Lipinski definition) is 0. The molecule has 0 amide bonds. The Balaban J connectivity index is 1.80. The maximum absolute atomic E-state index is 12.1. The van der Waals surface area contributed by atoms with Gasteiger partial charge in [-0.05, 0) is 30.7 Å². The van der Waals surface area contributed by atoms with Crippen LogP contribution in [0, 0.1) is 0 Å². The largest absolute Gasteiger partial charge is 0.493 e. The molecule has 3 rings (SSSR count). The van der Waals surface area contributed by atoms with E-state index in [2.05, 4.69) is 0 Å². The molecule has 136 valence electrons. The fourth-order valence-corrected chi connectivity index (χ4v) is 3.34. The number of aryl methyl sites for hydroxylation is 1. The van der Waals surface area contributed by atoms with Gasteiger partial charge in [0.25, 0.3) is 0 Å². The molecule has 3 aromatic rings. The van der Waals surface area contributed by atoms with Crippen LogP contribution >= 0.6 is 46.4 Å². The number of rotatable bonds is 5. The lowest BCUT2D eigenvalue weighted by atomic mass is 10.2. The van der Waals surface area contributed by atoms with Gasteiger partial charge in [-0.25, -0.2) is 9.59 Å². The van der Waals surface area contributed by atoms with E-state index in [1.807, 2.05) is 0 Å². The highest BCUT2D eigenvalue weighted by molar-refractivity contribution is 6.42. The van der Waals surface area contributed by atoms with Gasteiger partial charge in [-0.2, -0.15) is 0 Å². The highest BCUT2D eigenvalue weighted by atomic mass is 35.5. The van der Waals surface area contributed by atoms with E-state index in [-0.39, 0.29) is 27.5 Å². The van der Waals surface area contributed by atoms with Crippen LogP contribution in [0.5, 0.6) is 5.75 Å². The lowest BCUT2D eigenvalue weighted by molar-refractivity contribution is 0.296. The summed E-state index contributed by atoms with van der Waals surface area (Å²) >= 11 is 23.9. The third-order valence-electron chi connectivity index (χ3n) is 3.60. The highest BCUT2D eigenvalue weighted by Crippen LogP contribution is 2.27. The van der Waals surface area contributed by atoms with Crippen molar-refractivity contribution in [2.24, 2.45) is 0 Å². The van der Waals surface area contributed by atoms with Crippen molar-refractivity contribution < 1.29 is 9.15 Å². The highest BCUT2D eigenvalue weighted by Gasteiger charge is 2.14. The van der Waals surface area contributed by atoms with Crippen LogP contribution in [0.25, 0.3) is 10.9 Å². The van der Waals surface area contributed by atoms with E-state index in [1.54, 1.807) is 18.2 Å². The minimum Gasteiger partial charge on any atom is -0.493 e. The summed E-state index contributed by atoms with van der Waals surface area (Å²) in [6.45, 7) is 0.540. The van der Waals surface area contributed by atoms with E-state index in [0.29, 0.717) is 28.8 Å². The molecule has 9 heteroatoms. The molecule has 1 aromatic heterocycles. The summed E-state index contributed by atoms with van der Waals surface area (Å²) in [4.78, 5) is 24.0. The summed E-state index contributed by atoms with van der Waals surface area (Å²) in [5.41, 5.74) is -0.496. The standard InChI is InChI=1S/C17H11Cl4NO4/c18-9-6-11-15(14(21)7-9)22(17(24)26-16(11)23)4-1-5-25-10-2-3-12(19)13(20)8-10/h2-3,6-8H,1,4-5H2. The van der Waals surface area contributed by atoms with Crippen LogP contribution < -0.4 is 16.1 Å². The zero-order chi connectivity index (χ0) is 18.8. The van der Waals surface area contributed by atoms with Gasteiger partial charge in [0, 0.05) is 17.6 Å². The third kappa shape index (κ3) is 4.01.